The predicted molar refractivity (Wildman–Crippen MR) is 104 cm³/mol. The number of carbonyl (C=O) groups excluding carboxylic acids is 2. The summed E-state index contributed by atoms with van der Waals surface area (Å²) in [7, 11) is 0. The minimum Gasteiger partial charge on any atom is -0.481 e. The van der Waals surface area contributed by atoms with Crippen LogP contribution >= 0.6 is 0 Å². The second-order valence-electron chi connectivity index (χ2n) is 7.45. The van der Waals surface area contributed by atoms with E-state index in [0.29, 0.717) is 13.1 Å². The second-order valence-corrected chi connectivity index (χ2v) is 7.45. The molecule has 2 aliphatic rings. The molecule has 2 aliphatic heterocycles. The zero-order valence-electron chi connectivity index (χ0n) is 15.4. The van der Waals surface area contributed by atoms with E-state index in [1.807, 2.05) is 60.7 Å². The van der Waals surface area contributed by atoms with Crippen LogP contribution in [0, 0.1) is 11.8 Å². The first-order chi connectivity index (χ1) is 13.5. The third-order valence-corrected chi connectivity index (χ3v) is 5.72. The summed E-state index contributed by atoms with van der Waals surface area (Å²) < 4.78 is 0. The molecule has 4 rings (SSSR count). The molecule has 0 bridgehead atoms. The van der Waals surface area contributed by atoms with Gasteiger partial charge in [-0.1, -0.05) is 48.5 Å². The van der Waals surface area contributed by atoms with Gasteiger partial charge in [0.15, 0.2) is 0 Å². The fourth-order valence-electron chi connectivity index (χ4n) is 4.26. The van der Waals surface area contributed by atoms with E-state index in [1.54, 1.807) is 9.80 Å². The molecule has 2 heterocycles. The standard InChI is InChI=1S/C22H22N2O4/c25-20-11-16(12-24(20)17-9-5-2-6-10-17)21(26)23-13-18(19(14-23)22(27)28)15-7-3-1-4-8-15/h1-10,16,18-19H,11-14H2,(H,27,28)/t16?,18-,19+/m0/s1. The summed E-state index contributed by atoms with van der Waals surface area (Å²) in [4.78, 5) is 40.5. The molecule has 1 unspecified atom stereocenters. The van der Waals surface area contributed by atoms with Crippen molar-refractivity contribution in [1.82, 2.24) is 4.90 Å². The zero-order valence-corrected chi connectivity index (χ0v) is 15.4. The van der Waals surface area contributed by atoms with Crippen molar-refractivity contribution in [2.24, 2.45) is 11.8 Å². The van der Waals surface area contributed by atoms with E-state index in [0.717, 1.165) is 11.3 Å². The number of carboxylic acid groups (broad SMARTS) is 1. The Balaban J connectivity index is 1.49. The molecular formula is C22H22N2O4. The SMILES string of the molecule is O=C(O)[C@@H]1CN(C(=O)C2CC(=O)N(c3ccccc3)C2)C[C@H]1c1ccccc1. The van der Waals surface area contributed by atoms with Crippen LogP contribution < -0.4 is 4.90 Å². The molecule has 0 radical (unpaired) electrons. The Morgan fingerprint density at radius 2 is 1.54 bits per heavy atom. The van der Waals surface area contributed by atoms with Gasteiger partial charge in [0.1, 0.15) is 0 Å². The van der Waals surface area contributed by atoms with Crippen LogP contribution in [-0.2, 0) is 14.4 Å². The van der Waals surface area contributed by atoms with Gasteiger partial charge in [0.05, 0.1) is 11.8 Å². The highest BCUT2D eigenvalue weighted by Gasteiger charge is 2.44. The number of carbonyl (C=O) groups is 3. The summed E-state index contributed by atoms with van der Waals surface area (Å²) in [5, 5.41) is 9.64. The Hall–Kier alpha value is -3.15. The molecule has 2 saturated heterocycles. The molecule has 1 N–H and O–H groups in total. The predicted octanol–water partition coefficient (Wildman–Crippen LogP) is 2.37. The zero-order chi connectivity index (χ0) is 19.7. The number of amides is 2. The first kappa shape index (κ1) is 18.2. The minimum atomic E-state index is -0.891. The van der Waals surface area contributed by atoms with Crippen LogP contribution in [-0.4, -0.2) is 47.4 Å². The van der Waals surface area contributed by atoms with Crippen molar-refractivity contribution in [3.63, 3.8) is 0 Å². The maximum absolute atomic E-state index is 13.1. The van der Waals surface area contributed by atoms with Gasteiger partial charge >= 0.3 is 5.97 Å². The van der Waals surface area contributed by atoms with E-state index in [4.69, 9.17) is 0 Å². The number of rotatable bonds is 4. The molecule has 0 saturated carbocycles. The minimum absolute atomic E-state index is 0.0712. The summed E-state index contributed by atoms with van der Waals surface area (Å²) in [6, 6.07) is 18.8. The molecule has 2 aromatic carbocycles. The third kappa shape index (κ3) is 3.38. The molecule has 3 atom stereocenters. The van der Waals surface area contributed by atoms with Gasteiger partial charge < -0.3 is 14.9 Å². The van der Waals surface area contributed by atoms with Gasteiger partial charge in [0.2, 0.25) is 11.8 Å². The van der Waals surface area contributed by atoms with Crippen LogP contribution in [0.3, 0.4) is 0 Å². The molecule has 2 amide bonds. The molecule has 0 aliphatic carbocycles. The Morgan fingerprint density at radius 1 is 0.893 bits per heavy atom. The van der Waals surface area contributed by atoms with Crippen LogP contribution in [0.2, 0.25) is 0 Å². The highest BCUT2D eigenvalue weighted by molar-refractivity contribution is 6.00. The van der Waals surface area contributed by atoms with Crippen molar-refractivity contribution < 1.29 is 19.5 Å². The number of anilines is 1. The lowest BCUT2D eigenvalue weighted by Gasteiger charge is -2.21. The molecular weight excluding hydrogens is 356 g/mol. The van der Waals surface area contributed by atoms with Gasteiger partial charge in [-0.15, -0.1) is 0 Å². The highest BCUT2D eigenvalue weighted by Crippen LogP contribution is 2.35. The van der Waals surface area contributed by atoms with E-state index in [2.05, 4.69) is 0 Å². The van der Waals surface area contributed by atoms with Gasteiger partial charge in [-0.3, -0.25) is 14.4 Å². The van der Waals surface area contributed by atoms with Crippen LogP contribution in [0.25, 0.3) is 0 Å². The second kappa shape index (κ2) is 7.46. The smallest absolute Gasteiger partial charge is 0.308 e. The van der Waals surface area contributed by atoms with Crippen molar-refractivity contribution in [1.29, 1.82) is 0 Å². The van der Waals surface area contributed by atoms with Crippen LogP contribution in [0.5, 0.6) is 0 Å². The van der Waals surface area contributed by atoms with Crippen LogP contribution in [0.1, 0.15) is 17.9 Å². The Morgan fingerprint density at radius 3 is 2.18 bits per heavy atom. The van der Waals surface area contributed by atoms with E-state index in [1.165, 1.54) is 0 Å². The van der Waals surface area contributed by atoms with E-state index in [-0.39, 0.29) is 30.7 Å². The summed E-state index contributed by atoms with van der Waals surface area (Å²) >= 11 is 0. The topological polar surface area (TPSA) is 77.9 Å². The monoisotopic (exact) mass is 378 g/mol. The highest BCUT2D eigenvalue weighted by atomic mass is 16.4. The summed E-state index contributed by atoms with van der Waals surface area (Å²) in [6.45, 7) is 0.894. The van der Waals surface area contributed by atoms with Crippen molar-refractivity contribution >= 4 is 23.5 Å². The average Bonchev–Trinajstić information content (AvgIpc) is 3.33. The lowest BCUT2D eigenvalue weighted by molar-refractivity contribution is -0.142. The lowest BCUT2D eigenvalue weighted by Crippen LogP contribution is -2.36. The number of hydrogen-bond donors (Lipinski definition) is 1. The van der Waals surface area contributed by atoms with Gasteiger partial charge in [-0.25, -0.2) is 0 Å². The number of likely N-dealkylation sites (tertiary alicyclic amines) is 1. The van der Waals surface area contributed by atoms with Crippen molar-refractivity contribution in [2.45, 2.75) is 12.3 Å². The fraction of sp³-hybridized carbons (Fsp3) is 0.318. The summed E-state index contributed by atoms with van der Waals surface area (Å²) in [6.07, 6.45) is 0.165. The van der Waals surface area contributed by atoms with E-state index in [9.17, 15) is 19.5 Å². The number of nitrogens with zero attached hydrogens (tertiary/aromatic N) is 2. The molecule has 28 heavy (non-hydrogen) atoms. The molecule has 0 aromatic heterocycles. The van der Waals surface area contributed by atoms with Gasteiger partial charge in [0, 0.05) is 37.7 Å². The number of hydrogen-bond acceptors (Lipinski definition) is 3. The van der Waals surface area contributed by atoms with Gasteiger partial charge in [-0.05, 0) is 17.7 Å². The van der Waals surface area contributed by atoms with E-state index >= 15 is 0 Å². The normalized spacial score (nSPS) is 24.6. The molecule has 144 valence electrons. The molecule has 6 heteroatoms. The molecule has 6 nitrogen and oxygen atoms in total. The van der Waals surface area contributed by atoms with Gasteiger partial charge in [0.25, 0.3) is 0 Å². The Labute approximate surface area is 163 Å². The number of carboxylic acids is 1. The summed E-state index contributed by atoms with van der Waals surface area (Å²) in [5.41, 5.74) is 1.72. The fourth-order valence-corrected chi connectivity index (χ4v) is 4.26. The van der Waals surface area contributed by atoms with Crippen molar-refractivity contribution in [3.05, 3.63) is 66.2 Å². The number of para-hydroxylation sites is 1. The van der Waals surface area contributed by atoms with Crippen molar-refractivity contribution in [2.75, 3.05) is 24.5 Å². The largest absolute Gasteiger partial charge is 0.481 e. The van der Waals surface area contributed by atoms with Gasteiger partial charge in [-0.2, -0.15) is 0 Å². The third-order valence-electron chi connectivity index (χ3n) is 5.72. The van der Waals surface area contributed by atoms with Crippen LogP contribution in [0.15, 0.2) is 60.7 Å². The first-order valence-electron chi connectivity index (χ1n) is 9.46. The molecule has 2 aromatic rings. The maximum Gasteiger partial charge on any atom is 0.308 e. The Bertz CT molecular complexity index is 884. The number of benzene rings is 2. The molecule has 0 spiro atoms. The molecule has 2 fully saturated rings. The van der Waals surface area contributed by atoms with Crippen LogP contribution in [0.4, 0.5) is 5.69 Å². The van der Waals surface area contributed by atoms with E-state index < -0.39 is 17.8 Å². The lowest BCUT2D eigenvalue weighted by atomic mass is 9.89. The van der Waals surface area contributed by atoms with Crippen molar-refractivity contribution in [3.8, 4) is 0 Å². The number of aliphatic carboxylic acids is 1. The summed E-state index contributed by atoms with van der Waals surface area (Å²) in [5.74, 6) is -2.39. The quantitative estimate of drug-likeness (QED) is 0.886. The Kier molecular flexibility index (Phi) is 4.86. The maximum atomic E-state index is 13.1. The average molecular weight is 378 g/mol. The first-order valence-corrected chi connectivity index (χ1v) is 9.46.